The molecule has 0 saturated carbocycles. The normalized spacial score (nSPS) is 11.3. The van der Waals surface area contributed by atoms with Gasteiger partial charge in [-0.2, -0.15) is 0 Å². The Morgan fingerprint density at radius 1 is 0.586 bits per heavy atom. The number of unbranched alkanes of at least 4 members (excludes halogenated alkanes) is 17. The van der Waals surface area contributed by atoms with E-state index >= 15 is 0 Å². The first-order chi connectivity index (χ1) is 14.2. The van der Waals surface area contributed by atoms with Gasteiger partial charge in [0, 0.05) is 6.42 Å². The molecule has 0 rings (SSSR count). The highest BCUT2D eigenvalue weighted by molar-refractivity contribution is 5.69. The molecule has 0 aromatic carbocycles. The summed E-state index contributed by atoms with van der Waals surface area (Å²) in [6.45, 7) is 7.52. The molecule has 174 valence electrons. The van der Waals surface area contributed by atoms with Gasteiger partial charge in [0.1, 0.15) is 0 Å². The zero-order chi connectivity index (χ0) is 21.4. The van der Waals surface area contributed by atoms with Gasteiger partial charge >= 0.3 is 5.97 Å². The molecule has 0 unspecified atom stereocenters. The fraction of sp³-hybridized carbons (Fsp3) is 0.963. The smallest absolute Gasteiger partial charge is 0.305 e. The first-order valence-corrected chi connectivity index (χ1v) is 13.3. The van der Waals surface area contributed by atoms with Crippen molar-refractivity contribution in [2.75, 3.05) is 6.61 Å². The lowest BCUT2D eigenvalue weighted by Crippen LogP contribution is -2.05. The Bertz CT molecular complexity index is 324. The van der Waals surface area contributed by atoms with E-state index in [2.05, 4.69) is 20.8 Å². The molecular weight excluding hydrogens is 356 g/mol. The summed E-state index contributed by atoms with van der Waals surface area (Å²) < 4.78 is 5.38. The number of rotatable bonds is 23. The van der Waals surface area contributed by atoms with Crippen LogP contribution in [0.15, 0.2) is 0 Å². The maximum absolute atomic E-state index is 11.8. The predicted octanol–water partition coefficient (Wildman–Crippen LogP) is 9.40. The van der Waals surface area contributed by atoms with Gasteiger partial charge in [0.05, 0.1) is 6.61 Å². The van der Waals surface area contributed by atoms with Gasteiger partial charge in [-0.25, -0.2) is 0 Å². The van der Waals surface area contributed by atoms with E-state index in [0.29, 0.717) is 13.0 Å². The SMILES string of the molecule is CCCCCCCCCCCCCOC(=O)CCCCCCCCCCC(C)C. The van der Waals surface area contributed by atoms with Gasteiger partial charge in [-0.1, -0.05) is 136 Å². The topological polar surface area (TPSA) is 26.3 Å². The maximum atomic E-state index is 11.8. The van der Waals surface area contributed by atoms with Gasteiger partial charge in [-0.15, -0.1) is 0 Å². The van der Waals surface area contributed by atoms with Crippen LogP contribution in [0.25, 0.3) is 0 Å². The molecule has 0 atom stereocenters. The van der Waals surface area contributed by atoms with Gasteiger partial charge in [-0.05, 0) is 18.8 Å². The van der Waals surface area contributed by atoms with Crippen LogP contribution in [0.5, 0.6) is 0 Å². The third kappa shape index (κ3) is 25.4. The summed E-state index contributed by atoms with van der Waals surface area (Å²) >= 11 is 0. The van der Waals surface area contributed by atoms with E-state index in [9.17, 15) is 4.79 Å². The molecule has 0 radical (unpaired) electrons. The standard InChI is InChI=1S/C27H54O2/c1-4-5-6-7-8-9-10-13-16-19-22-25-29-27(28)24-21-18-15-12-11-14-17-20-23-26(2)3/h26H,4-25H2,1-3H3. The van der Waals surface area contributed by atoms with Crippen LogP contribution in [0.4, 0.5) is 0 Å². The molecule has 29 heavy (non-hydrogen) atoms. The van der Waals surface area contributed by atoms with E-state index in [4.69, 9.17) is 4.74 Å². The lowest BCUT2D eigenvalue weighted by molar-refractivity contribution is -0.143. The number of carbonyl (C=O) groups is 1. The van der Waals surface area contributed by atoms with Crippen LogP contribution in [0.3, 0.4) is 0 Å². The van der Waals surface area contributed by atoms with Crippen molar-refractivity contribution in [3.05, 3.63) is 0 Å². The number of hydrogen-bond donors (Lipinski definition) is 0. The van der Waals surface area contributed by atoms with Crippen molar-refractivity contribution in [1.82, 2.24) is 0 Å². The highest BCUT2D eigenvalue weighted by Gasteiger charge is 2.02. The highest BCUT2D eigenvalue weighted by Crippen LogP contribution is 2.14. The summed E-state index contributed by atoms with van der Waals surface area (Å²) in [7, 11) is 0. The molecular formula is C27H54O2. The highest BCUT2D eigenvalue weighted by atomic mass is 16.5. The molecule has 2 heteroatoms. The van der Waals surface area contributed by atoms with Crippen molar-refractivity contribution in [1.29, 1.82) is 0 Å². The third-order valence-electron chi connectivity index (χ3n) is 5.92. The monoisotopic (exact) mass is 410 g/mol. The molecule has 0 aromatic rings. The fourth-order valence-electron chi connectivity index (χ4n) is 3.91. The maximum Gasteiger partial charge on any atom is 0.305 e. The number of ether oxygens (including phenoxy) is 1. The van der Waals surface area contributed by atoms with Gasteiger partial charge in [0.2, 0.25) is 0 Å². The van der Waals surface area contributed by atoms with E-state index in [1.165, 1.54) is 116 Å². The number of carbonyl (C=O) groups excluding carboxylic acids is 1. The van der Waals surface area contributed by atoms with E-state index in [0.717, 1.165) is 18.8 Å². The van der Waals surface area contributed by atoms with Crippen molar-refractivity contribution in [2.24, 2.45) is 5.92 Å². The Kier molecular flexibility index (Phi) is 23.3. The van der Waals surface area contributed by atoms with Gasteiger partial charge in [-0.3, -0.25) is 4.79 Å². The molecule has 0 amide bonds. The number of esters is 1. The van der Waals surface area contributed by atoms with E-state index in [1.807, 2.05) is 0 Å². The Morgan fingerprint density at radius 2 is 1.00 bits per heavy atom. The van der Waals surface area contributed by atoms with Crippen LogP contribution >= 0.6 is 0 Å². The second-order valence-corrected chi connectivity index (χ2v) is 9.52. The molecule has 0 aliphatic carbocycles. The van der Waals surface area contributed by atoms with Crippen molar-refractivity contribution in [3.8, 4) is 0 Å². The minimum Gasteiger partial charge on any atom is -0.466 e. The molecule has 0 heterocycles. The lowest BCUT2D eigenvalue weighted by atomic mass is 10.0. The fourth-order valence-corrected chi connectivity index (χ4v) is 3.91. The second kappa shape index (κ2) is 23.7. The first kappa shape index (κ1) is 28.5. The molecule has 0 saturated heterocycles. The van der Waals surface area contributed by atoms with Crippen LogP contribution in [-0.4, -0.2) is 12.6 Å². The third-order valence-corrected chi connectivity index (χ3v) is 5.92. The second-order valence-electron chi connectivity index (χ2n) is 9.52. The Labute approximate surface area is 184 Å². The summed E-state index contributed by atoms with van der Waals surface area (Å²) in [6.07, 6.45) is 27.0. The first-order valence-electron chi connectivity index (χ1n) is 13.3. The van der Waals surface area contributed by atoms with Crippen LogP contribution in [0.1, 0.15) is 156 Å². The Morgan fingerprint density at radius 3 is 1.48 bits per heavy atom. The average molecular weight is 411 g/mol. The molecule has 0 spiro atoms. The van der Waals surface area contributed by atoms with Gasteiger partial charge in [0.25, 0.3) is 0 Å². The van der Waals surface area contributed by atoms with Gasteiger partial charge in [0.15, 0.2) is 0 Å². The van der Waals surface area contributed by atoms with Crippen LogP contribution in [0, 0.1) is 5.92 Å². The molecule has 0 aliphatic heterocycles. The Balaban J connectivity index is 3.15. The zero-order valence-corrected chi connectivity index (χ0v) is 20.5. The molecule has 2 nitrogen and oxygen atoms in total. The molecule has 0 fully saturated rings. The van der Waals surface area contributed by atoms with Crippen LogP contribution in [0.2, 0.25) is 0 Å². The van der Waals surface area contributed by atoms with Gasteiger partial charge < -0.3 is 4.74 Å². The summed E-state index contributed by atoms with van der Waals surface area (Å²) in [5, 5.41) is 0. The Hall–Kier alpha value is -0.530. The number of hydrogen-bond acceptors (Lipinski definition) is 2. The molecule has 0 aliphatic rings. The summed E-state index contributed by atoms with van der Waals surface area (Å²) in [6, 6.07) is 0. The lowest BCUT2D eigenvalue weighted by Gasteiger charge is -2.06. The van der Waals surface area contributed by atoms with Crippen LogP contribution < -0.4 is 0 Å². The quantitative estimate of drug-likeness (QED) is 0.124. The molecule has 0 aromatic heterocycles. The summed E-state index contributed by atoms with van der Waals surface area (Å²) in [5.74, 6) is 0.871. The summed E-state index contributed by atoms with van der Waals surface area (Å²) in [5.41, 5.74) is 0. The van der Waals surface area contributed by atoms with Crippen molar-refractivity contribution in [3.63, 3.8) is 0 Å². The minimum absolute atomic E-state index is 0.0192. The van der Waals surface area contributed by atoms with E-state index in [-0.39, 0.29) is 5.97 Å². The van der Waals surface area contributed by atoms with E-state index in [1.54, 1.807) is 0 Å². The molecule has 0 bridgehead atoms. The summed E-state index contributed by atoms with van der Waals surface area (Å²) in [4.78, 5) is 11.8. The van der Waals surface area contributed by atoms with Crippen LogP contribution in [-0.2, 0) is 9.53 Å². The minimum atomic E-state index is 0.0192. The van der Waals surface area contributed by atoms with Crippen molar-refractivity contribution < 1.29 is 9.53 Å². The van der Waals surface area contributed by atoms with Crippen molar-refractivity contribution in [2.45, 2.75) is 156 Å². The predicted molar refractivity (Wildman–Crippen MR) is 128 cm³/mol. The van der Waals surface area contributed by atoms with Crippen molar-refractivity contribution >= 4 is 5.97 Å². The van der Waals surface area contributed by atoms with E-state index < -0.39 is 0 Å². The largest absolute Gasteiger partial charge is 0.466 e. The zero-order valence-electron chi connectivity index (χ0n) is 20.5. The average Bonchev–Trinajstić information content (AvgIpc) is 2.70. The molecule has 0 N–H and O–H groups in total.